The Bertz CT molecular complexity index is 827. The van der Waals surface area contributed by atoms with E-state index in [1.165, 1.54) is 0 Å². The third-order valence-electron chi connectivity index (χ3n) is 5.15. The minimum absolute atomic E-state index is 0.100. The van der Waals surface area contributed by atoms with Crippen LogP contribution in [0.15, 0.2) is 38.9 Å². The summed E-state index contributed by atoms with van der Waals surface area (Å²) in [6, 6.07) is 3.83. The molecule has 2 bridgehead atoms. The first-order valence-corrected chi connectivity index (χ1v) is 7.46. The van der Waals surface area contributed by atoms with E-state index in [4.69, 9.17) is 14.9 Å². The van der Waals surface area contributed by atoms with Crippen LogP contribution in [0.4, 0.5) is 0 Å². The summed E-state index contributed by atoms with van der Waals surface area (Å²) < 4.78 is 10.8. The zero-order valence-corrected chi connectivity index (χ0v) is 12.3. The fraction of sp³-hybridized carbons (Fsp3) is 0.412. The number of rotatable bonds is 1. The van der Waals surface area contributed by atoms with Gasteiger partial charge >= 0.3 is 5.63 Å². The second-order valence-electron chi connectivity index (χ2n) is 6.44. The Kier molecular flexibility index (Phi) is 2.56. The Morgan fingerprint density at radius 2 is 2.32 bits per heavy atom. The largest absolute Gasteiger partial charge is 0.440 e. The van der Waals surface area contributed by atoms with Gasteiger partial charge in [-0.1, -0.05) is 12.2 Å². The van der Waals surface area contributed by atoms with Gasteiger partial charge in [-0.2, -0.15) is 5.26 Å². The Morgan fingerprint density at radius 3 is 2.91 bits per heavy atom. The molecule has 4 rings (SSSR count). The van der Waals surface area contributed by atoms with Crippen LogP contribution in [-0.4, -0.2) is 0 Å². The first kappa shape index (κ1) is 13.2. The summed E-state index contributed by atoms with van der Waals surface area (Å²) in [5, 5.41) is 9.56. The maximum absolute atomic E-state index is 12.4. The minimum atomic E-state index is -0.432. The number of nitriles is 1. The number of fused-ring (bicyclic) bond motifs is 3. The maximum atomic E-state index is 12.4. The van der Waals surface area contributed by atoms with Crippen LogP contribution in [0.3, 0.4) is 0 Å². The second-order valence-corrected chi connectivity index (χ2v) is 6.44. The summed E-state index contributed by atoms with van der Waals surface area (Å²) >= 11 is 0. The van der Waals surface area contributed by atoms with E-state index in [1.807, 2.05) is 0 Å². The summed E-state index contributed by atoms with van der Waals surface area (Å²) in [7, 11) is 0. The van der Waals surface area contributed by atoms with E-state index in [1.54, 1.807) is 13.0 Å². The monoisotopic (exact) mass is 296 g/mol. The molecule has 0 radical (unpaired) electrons. The van der Waals surface area contributed by atoms with Crippen molar-refractivity contribution in [1.29, 1.82) is 5.26 Å². The van der Waals surface area contributed by atoms with Crippen LogP contribution in [0.25, 0.3) is 0 Å². The molecule has 2 aliphatic carbocycles. The molecule has 0 amide bonds. The smallest absolute Gasteiger partial charge is 0.343 e. The molecule has 0 unspecified atom stereocenters. The van der Waals surface area contributed by atoms with Gasteiger partial charge in [0.25, 0.3) is 0 Å². The van der Waals surface area contributed by atoms with Crippen molar-refractivity contribution in [3.8, 4) is 11.8 Å². The van der Waals surface area contributed by atoms with Gasteiger partial charge in [0.05, 0.1) is 11.1 Å². The quantitative estimate of drug-likeness (QED) is 0.804. The lowest BCUT2D eigenvalue weighted by molar-refractivity contribution is 0.292. The molecular formula is C17H16N2O3. The molecule has 112 valence electrons. The van der Waals surface area contributed by atoms with Gasteiger partial charge in [0.1, 0.15) is 17.6 Å². The lowest BCUT2D eigenvalue weighted by Gasteiger charge is -2.36. The van der Waals surface area contributed by atoms with Crippen molar-refractivity contribution in [2.45, 2.75) is 32.1 Å². The van der Waals surface area contributed by atoms with E-state index in [9.17, 15) is 10.1 Å². The van der Waals surface area contributed by atoms with Crippen molar-refractivity contribution in [3.63, 3.8) is 0 Å². The molecule has 0 saturated heterocycles. The normalized spacial score (nSPS) is 31.8. The number of aryl methyl sites for hydroxylation is 1. The number of hydrogen-bond acceptors (Lipinski definition) is 5. The van der Waals surface area contributed by atoms with Crippen molar-refractivity contribution < 1.29 is 9.15 Å². The zero-order chi connectivity index (χ0) is 15.5. The third kappa shape index (κ3) is 1.61. The Balaban J connectivity index is 1.98. The molecule has 2 N–H and O–H groups in total. The number of nitrogens with two attached hydrogens (primary N) is 1. The van der Waals surface area contributed by atoms with Crippen LogP contribution in [0.2, 0.25) is 0 Å². The van der Waals surface area contributed by atoms with Crippen LogP contribution >= 0.6 is 0 Å². The third-order valence-corrected chi connectivity index (χ3v) is 5.15. The van der Waals surface area contributed by atoms with E-state index in [0.29, 0.717) is 28.6 Å². The number of ether oxygens (including phenoxy) is 1. The van der Waals surface area contributed by atoms with Gasteiger partial charge < -0.3 is 14.9 Å². The van der Waals surface area contributed by atoms with Crippen LogP contribution in [0.5, 0.6) is 5.75 Å². The highest BCUT2D eigenvalue weighted by Crippen LogP contribution is 2.60. The number of nitrogens with zero attached hydrogens (tertiary/aromatic N) is 1. The van der Waals surface area contributed by atoms with Crippen molar-refractivity contribution in [2.75, 3.05) is 0 Å². The van der Waals surface area contributed by atoms with Crippen molar-refractivity contribution in [1.82, 2.24) is 0 Å². The van der Waals surface area contributed by atoms with Crippen LogP contribution in [-0.2, 0) is 0 Å². The molecule has 0 spiro atoms. The van der Waals surface area contributed by atoms with E-state index in [-0.39, 0.29) is 17.2 Å². The molecule has 3 aliphatic rings. The molecule has 5 nitrogen and oxygen atoms in total. The van der Waals surface area contributed by atoms with Crippen molar-refractivity contribution in [2.24, 2.45) is 17.1 Å². The predicted molar refractivity (Wildman–Crippen MR) is 78.8 cm³/mol. The van der Waals surface area contributed by atoms with Crippen molar-refractivity contribution in [3.05, 3.63) is 51.4 Å². The first-order valence-electron chi connectivity index (χ1n) is 7.46. The highest BCUT2D eigenvalue weighted by molar-refractivity contribution is 5.52. The van der Waals surface area contributed by atoms with Crippen LogP contribution in [0, 0.1) is 29.6 Å². The number of allylic oxidation sites excluding steroid dienone is 3. The molecule has 1 aliphatic heterocycles. The topological polar surface area (TPSA) is 89.2 Å². The zero-order valence-electron chi connectivity index (χ0n) is 12.3. The molecular weight excluding hydrogens is 280 g/mol. The average molecular weight is 296 g/mol. The Hall–Kier alpha value is -2.48. The lowest BCUT2D eigenvalue weighted by Crippen LogP contribution is -2.34. The molecule has 5 heteroatoms. The second kappa shape index (κ2) is 4.26. The summed E-state index contributed by atoms with van der Waals surface area (Å²) in [4.78, 5) is 12.4. The molecule has 22 heavy (non-hydrogen) atoms. The summed E-state index contributed by atoms with van der Waals surface area (Å²) in [5.74, 6) is 1.16. The summed E-state index contributed by atoms with van der Waals surface area (Å²) in [6.07, 6.45) is 7.33. The fourth-order valence-corrected chi connectivity index (χ4v) is 4.24. The highest BCUT2D eigenvalue weighted by atomic mass is 16.5. The van der Waals surface area contributed by atoms with Gasteiger partial charge in [0.15, 0.2) is 0 Å². The van der Waals surface area contributed by atoms with Gasteiger partial charge in [-0.15, -0.1) is 0 Å². The summed E-state index contributed by atoms with van der Waals surface area (Å²) in [5.41, 5.74) is 6.09. The standard InChI is InChI=1S/C17H16N2O3/c1-9-6-12-13(16(20)21-9)14(11(8-18)15(19)22-12)17-4-2-10(7-17)3-5-17/h2,4,6,10,14H,3,5,7,19H2,1H3/t10-,14-,17+/m1/s1. The molecule has 1 aromatic rings. The Labute approximate surface area is 127 Å². The van der Waals surface area contributed by atoms with Gasteiger partial charge in [-0.25, -0.2) is 4.79 Å². The molecule has 0 aromatic carbocycles. The minimum Gasteiger partial charge on any atom is -0.440 e. The maximum Gasteiger partial charge on any atom is 0.343 e. The fourth-order valence-electron chi connectivity index (χ4n) is 4.24. The van der Waals surface area contributed by atoms with E-state index >= 15 is 0 Å². The Morgan fingerprint density at radius 1 is 1.50 bits per heavy atom. The van der Waals surface area contributed by atoms with Crippen LogP contribution in [0.1, 0.15) is 36.5 Å². The SMILES string of the molecule is Cc1cc2c(c(=O)o1)[C@H]([C@@]13C=C[C@H](CC1)C3)C(C#N)=C(N)O2. The van der Waals surface area contributed by atoms with Crippen molar-refractivity contribution >= 4 is 0 Å². The molecule has 3 atom stereocenters. The van der Waals surface area contributed by atoms with E-state index in [2.05, 4.69) is 18.2 Å². The van der Waals surface area contributed by atoms with E-state index < -0.39 is 5.63 Å². The predicted octanol–water partition coefficient (Wildman–Crippen LogP) is 2.47. The summed E-state index contributed by atoms with van der Waals surface area (Å²) in [6.45, 7) is 1.69. The van der Waals surface area contributed by atoms with Gasteiger partial charge in [-0.05, 0) is 32.1 Å². The molecule has 1 saturated carbocycles. The number of hydrogen-bond donors (Lipinski definition) is 1. The van der Waals surface area contributed by atoms with Gasteiger partial charge in [0, 0.05) is 17.4 Å². The molecule has 2 heterocycles. The molecule has 1 fully saturated rings. The van der Waals surface area contributed by atoms with E-state index in [0.717, 1.165) is 19.3 Å². The molecule has 1 aromatic heterocycles. The van der Waals surface area contributed by atoms with Crippen LogP contribution < -0.4 is 16.1 Å². The highest BCUT2D eigenvalue weighted by Gasteiger charge is 2.52. The lowest BCUT2D eigenvalue weighted by atomic mass is 9.68. The van der Waals surface area contributed by atoms with Gasteiger partial charge in [0.2, 0.25) is 5.88 Å². The van der Waals surface area contributed by atoms with Gasteiger partial charge in [-0.3, -0.25) is 0 Å². The first-order chi connectivity index (χ1) is 10.5. The average Bonchev–Trinajstić information content (AvgIpc) is 3.07.